The van der Waals surface area contributed by atoms with Crippen LogP contribution in [-0.2, 0) is 0 Å². The van der Waals surface area contributed by atoms with Gasteiger partial charge in [0, 0.05) is 0 Å². The van der Waals surface area contributed by atoms with Crippen LogP contribution in [0.1, 0.15) is 18.5 Å². The zero-order valence-electron chi connectivity index (χ0n) is 8.34. The number of aliphatic hydroxyl groups is 1. The fraction of sp³-hybridized carbons (Fsp3) is 0.400. The summed E-state index contributed by atoms with van der Waals surface area (Å²) in [6.45, 7) is 1.91. The van der Waals surface area contributed by atoms with E-state index in [2.05, 4.69) is 0 Å². The molecule has 4 nitrogen and oxygen atoms in total. The molecule has 0 radical (unpaired) electrons. The minimum absolute atomic E-state index is 0. The smallest absolute Gasteiger partial charge is 0.231 e. The molecule has 0 saturated carbocycles. The van der Waals surface area contributed by atoms with Crippen LogP contribution in [-0.4, -0.2) is 18.0 Å². The zero-order chi connectivity index (χ0) is 10.1. The van der Waals surface area contributed by atoms with Crippen LogP contribution in [0.4, 0.5) is 0 Å². The molecule has 1 aliphatic heterocycles. The first kappa shape index (κ1) is 12.1. The molecule has 15 heavy (non-hydrogen) atoms. The molecule has 0 amide bonds. The molecular formula is C10H14ClNO3. The van der Waals surface area contributed by atoms with Gasteiger partial charge in [-0.2, -0.15) is 0 Å². The highest BCUT2D eigenvalue weighted by Gasteiger charge is 2.17. The average Bonchev–Trinajstić information content (AvgIpc) is 2.62. The number of aliphatic hydroxyl groups excluding tert-OH is 1. The molecule has 0 aromatic heterocycles. The van der Waals surface area contributed by atoms with E-state index in [1.165, 1.54) is 0 Å². The summed E-state index contributed by atoms with van der Waals surface area (Å²) in [5.41, 5.74) is 6.64. The Morgan fingerprint density at radius 2 is 2.00 bits per heavy atom. The highest BCUT2D eigenvalue weighted by molar-refractivity contribution is 5.85. The molecule has 1 heterocycles. The molecule has 3 N–H and O–H groups in total. The first-order valence-corrected chi connectivity index (χ1v) is 4.51. The quantitative estimate of drug-likeness (QED) is 0.803. The third-order valence-corrected chi connectivity index (χ3v) is 2.30. The maximum Gasteiger partial charge on any atom is 0.231 e. The van der Waals surface area contributed by atoms with E-state index in [1.807, 2.05) is 6.07 Å². The maximum absolute atomic E-state index is 9.33. The molecule has 0 fully saturated rings. The second kappa shape index (κ2) is 4.70. The van der Waals surface area contributed by atoms with E-state index in [4.69, 9.17) is 15.2 Å². The van der Waals surface area contributed by atoms with Crippen LogP contribution < -0.4 is 15.2 Å². The number of fused-ring (bicyclic) bond motifs is 1. The SMILES string of the molecule is C[C@@H](O)[C@@H](N)c1ccc2c(c1)OCO2.Cl. The number of rotatable bonds is 2. The van der Waals surface area contributed by atoms with Crippen molar-refractivity contribution in [1.82, 2.24) is 0 Å². The van der Waals surface area contributed by atoms with Gasteiger partial charge in [0.25, 0.3) is 0 Å². The summed E-state index contributed by atoms with van der Waals surface area (Å²) in [6.07, 6.45) is -0.574. The molecule has 0 saturated heterocycles. The normalized spacial score (nSPS) is 16.7. The van der Waals surface area contributed by atoms with Crippen LogP contribution in [0.25, 0.3) is 0 Å². The second-order valence-corrected chi connectivity index (χ2v) is 3.38. The van der Waals surface area contributed by atoms with Gasteiger partial charge < -0.3 is 20.3 Å². The molecular weight excluding hydrogens is 218 g/mol. The molecule has 2 atom stereocenters. The van der Waals surface area contributed by atoms with Gasteiger partial charge in [-0.3, -0.25) is 0 Å². The predicted molar refractivity (Wildman–Crippen MR) is 58.4 cm³/mol. The Morgan fingerprint density at radius 3 is 2.67 bits per heavy atom. The third kappa shape index (κ3) is 2.34. The number of halogens is 1. The number of hydrogen-bond acceptors (Lipinski definition) is 4. The van der Waals surface area contributed by atoms with Crippen molar-refractivity contribution in [3.63, 3.8) is 0 Å². The van der Waals surface area contributed by atoms with Gasteiger partial charge in [0.2, 0.25) is 6.79 Å². The predicted octanol–water partition coefficient (Wildman–Crippen LogP) is 1.22. The Kier molecular flexibility index (Phi) is 3.79. The van der Waals surface area contributed by atoms with Crippen molar-refractivity contribution < 1.29 is 14.6 Å². The van der Waals surface area contributed by atoms with E-state index in [0.717, 1.165) is 11.3 Å². The molecule has 0 spiro atoms. The molecule has 2 rings (SSSR count). The van der Waals surface area contributed by atoms with Crippen molar-refractivity contribution in [2.24, 2.45) is 5.73 Å². The first-order chi connectivity index (χ1) is 6.68. The number of ether oxygens (including phenoxy) is 2. The van der Waals surface area contributed by atoms with Gasteiger partial charge in [-0.05, 0) is 24.6 Å². The van der Waals surface area contributed by atoms with E-state index in [1.54, 1.807) is 19.1 Å². The Bertz CT molecular complexity index is 343. The molecule has 0 aliphatic carbocycles. The summed E-state index contributed by atoms with van der Waals surface area (Å²) < 4.78 is 10.4. The average molecular weight is 232 g/mol. The van der Waals surface area contributed by atoms with E-state index in [9.17, 15) is 5.11 Å². The Balaban J connectivity index is 0.00000112. The van der Waals surface area contributed by atoms with Crippen LogP contribution in [0.2, 0.25) is 0 Å². The van der Waals surface area contributed by atoms with Crippen LogP contribution in [0.15, 0.2) is 18.2 Å². The zero-order valence-corrected chi connectivity index (χ0v) is 9.16. The lowest BCUT2D eigenvalue weighted by Crippen LogP contribution is -2.22. The van der Waals surface area contributed by atoms with E-state index in [-0.39, 0.29) is 25.2 Å². The molecule has 1 aromatic carbocycles. The van der Waals surface area contributed by atoms with Crippen molar-refractivity contribution in [1.29, 1.82) is 0 Å². The van der Waals surface area contributed by atoms with Gasteiger partial charge in [-0.25, -0.2) is 0 Å². The van der Waals surface area contributed by atoms with Crippen LogP contribution >= 0.6 is 12.4 Å². The van der Waals surface area contributed by atoms with E-state index >= 15 is 0 Å². The van der Waals surface area contributed by atoms with Crippen molar-refractivity contribution in [2.45, 2.75) is 19.1 Å². The molecule has 0 unspecified atom stereocenters. The van der Waals surface area contributed by atoms with Crippen molar-refractivity contribution in [3.8, 4) is 11.5 Å². The molecule has 84 valence electrons. The summed E-state index contributed by atoms with van der Waals surface area (Å²) in [5.74, 6) is 1.42. The van der Waals surface area contributed by atoms with Gasteiger partial charge in [-0.1, -0.05) is 6.07 Å². The minimum atomic E-state index is -0.574. The number of hydrogen-bond donors (Lipinski definition) is 2. The number of nitrogens with two attached hydrogens (primary N) is 1. The standard InChI is InChI=1S/C10H13NO3.ClH/c1-6(12)10(11)7-2-3-8-9(4-7)14-5-13-8;/h2-4,6,10,12H,5,11H2,1H3;1H/t6-,10-;/m1./s1. The second-order valence-electron chi connectivity index (χ2n) is 3.38. The largest absolute Gasteiger partial charge is 0.454 e. The van der Waals surface area contributed by atoms with Gasteiger partial charge in [0.1, 0.15) is 0 Å². The highest BCUT2D eigenvalue weighted by atomic mass is 35.5. The van der Waals surface area contributed by atoms with Gasteiger partial charge in [-0.15, -0.1) is 12.4 Å². The summed E-state index contributed by atoms with van der Waals surface area (Å²) in [6, 6.07) is 5.06. The minimum Gasteiger partial charge on any atom is -0.454 e. The van der Waals surface area contributed by atoms with Crippen LogP contribution in [0, 0.1) is 0 Å². The van der Waals surface area contributed by atoms with Gasteiger partial charge in [0.15, 0.2) is 11.5 Å². The van der Waals surface area contributed by atoms with Gasteiger partial charge in [0.05, 0.1) is 12.1 Å². The first-order valence-electron chi connectivity index (χ1n) is 4.51. The highest BCUT2D eigenvalue weighted by Crippen LogP contribution is 2.34. The maximum atomic E-state index is 9.33. The lowest BCUT2D eigenvalue weighted by molar-refractivity contribution is 0.164. The summed E-state index contributed by atoms with van der Waals surface area (Å²) in [5, 5.41) is 9.33. The fourth-order valence-corrected chi connectivity index (χ4v) is 1.40. The monoisotopic (exact) mass is 231 g/mol. The van der Waals surface area contributed by atoms with Gasteiger partial charge >= 0.3 is 0 Å². The molecule has 5 heteroatoms. The Labute approximate surface area is 94.4 Å². The lowest BCUT2D eigenvalue weighted by atomic mass is 10.0. The van der Waals surface area contributed by atoms with E-state index < -0.39 is 6.10 Å². The van der Waals surface area contributed by atoms with Crippen molar-refractivity contribution in [3.05, 3.63) is 23.8 Å². The van der Waals surface area contributed by atoms with Crippen LogP contribution in [0.3, 0.4) is 0 Å². The Morgan fingerprint density at radius 1 is 1.33 bits per heavy atom. The molecule has 1 aliphatic rings. The van der Waals surface area contributed by atoms with Crippen LogP contribution in [0.5, 0.6) is 11.5 Å². The summed E-state index contributed by atoms with van der Waals surface area (Å²) in [4.78, 5) is 0. The summed E-state index contributed by atoms with van der Waals surface area (Å²) >= 11 is 0. The van der Waals surface area contributed by atoms with E-state index in [0.29, 0.717) is 5.75 Å². The number of benzene rings is 1. The van der Waals surface area contributed by atoms with Crippen molar-refractivity contribution in [2.75, 3.05) is 6.79 Å². The topological polar surface area (TPSA) is 64.7 Å². The molecule has 0 bridgehead atoms. The summed E-state index contributed by atoms with van der Waals surface area (Å²) in [7, 11) is 0. The van der Waals surface area contributed by atoms with Crippen molar-refractivity contribution >= 4 is 12.4 Å². The lowest BCUT2D eigenvalue weighted by Gasteiger charge is -2.15. The fourth-order valence-electron chi connectivity index (χ4n) is 1.40. The third-order valence-electron chi connectivity index (χ3n) is 2.30. The Hall–Kier alpha value is -0.970. The molecule has 1 aromatic rings.